The summed E-state index contributed by atoms with van der Waals surface area (Å²) >= 11 is 0. The van der Waals surface area contributed by atoms with Gasteiger partial charge in [-0.05, 0) is 69.8 Å². The van der Waals surface area contributed by atoms with Crippen molar-refractivity contribution < 1.29 is 4.74 Å². The standard InChI is InChI=1S/C18H29NO/c1-14(2)20-17-11-9-15(10-12-17)18-8-6-4-5-7-16(18)13-19-3/h9-12,14,16,18-19H,4-8,13H2,1-3H3. The maximum Gasteiger partial charge on any atom is 0.119 e. The molecule has 1 saturated carbocycles. The lowest BCUT2D eigenvalue weighted by Gasteiger charge is -2.25. The summed E-state index contributed by atoms with van der Waals surface area (Å²) in [6.07, 6.45) is 7.08. The van der Waals surface area contributed by atoms with Crippen LogP contribution in [0, 0.1) is 5.92 Å². The molecule has 1 aliphatic carbocycles. The molecule has 0 aromatic heterocycles. The van der Waals surface area contributed by atoms with Crippen molar-refractivity contribution in [1.82, 2.24) is 5.32 Å². The highest BCUT2D eigenvalue weighted by molar-refractivity contribution is 5.30. The van der Waals surface area contributed by atoms with Gasteiger partial charge in [-0.2, -0.15) is 0 Å². The zero-order valence-electron chi connectivity index (χ0n) is 13.2. The van der Waals surface area contributed by atoms with Gasteiger partial charge in [-0.3, -0.25) is 0 Å². The van der Waals surface area contributed by atoms with E-state index in [1.54, 1.807) is 0 Å². The van der Waals surface area contributed by atoms with Crippen LogP contribution in [0.15, 0.2) is 24.3 Å². The molecule has 20 heavy (non-hydrogen) atoms. The summed E-state index contributed by atoms with van der Waals surface area (Å²) in [5.74, 6) is 2.47. The van der Waals surface area contributed by atoms with Crippen LogP contribution in [0.2, 0.25) is 0 Å². The van der Waals surface area contributed by atoms with Gasteiger partial charge >= 0.3 is 0 Å². The van der Waals surface area contributed by atoms with Gasteiger partial charge in [0.2, 0.25) is 0 Å². The third kappa shape index (κ3) is 4.24. The molecular formula is C18H29NO. The Bertz CT molecular complexity index is 385. The van der Waals surface area contributed by atoms with Gasteiger partial charge in [0, 0.05) is 0 Å². The molecule has 0 spiro atoms. The monoisotopic (exact) mass is 275 g/mol. The molecule has 0 saturated heterocycles. The van der Waals surface area contributed by atoms with Crippen LogP contribution in [-0.2, 0) is 0 Å². The third-order valence-corrected chi connectivity index (χ3v) is 4.31. The molecule has 2 nitrogen and oxygen atoms in total. The Balaban J connectivity index is 2.10. The minimum atomic E-state index is 0.246. The fourth-order valence-electron chi connectivity index (χ4n) is 3.40. The first-order chi connectivity index (χ1) is 9.70. The minimum Gasteiger partial charge on any atom is -0.491 e. The summed E-state index contributed by atoms with van der Waals surface area (Å²) in [6.45, 7) is 5.28. The molecule has 1 aromatic carbocycles. The lowest BCUT2D eigenvalue weighted by molar-refractivity contribution is 0.242. The second-order valence-corrected chi connectivity index (χ2v) is 6.30. The number of hydrogen-bond donors (Lipinski definition) is 1. The highest BCUT2D eigenvalue weighted by Crippen LogP contribution is 2.36. The molecule has 0 radical (unpaired) electrons. The normalized spacial score (nSPS) is 23.6. The maximum atomic E-state index is 5.74. The fraction of sp³-hybridized carbons (Fsp3) is 0.667. The summed E-state index contributed by atoms with van der Waals surface area (Å²) in [5.41, 5.74) is 1.49. The van der Waals surface area contributed by atoms with Crippen molar-refractivity contribution in [3.05, 3.63) is 29.8 Å². The van der Waals surface area contributed by atoms with E-state index < -0.39 is 0 Å². The molecule has 2 atom stereocenters. The van der Waals surface area contributed by atoms with Crippen LogP contribution in [0.5, 0.6) is 5.75 Å². The van der Waals surface area contributed by atoms with Gasteiger partial charge in [0.25, 0.3) is 0 Å². The van der Waals surface area contributed by atoms with E-state index >= 15 is 0 Å². The predicted molar refractivity (Wildman–Crippen MR) is 85.4 cm³/mol. The largest absolute Gasteiger partial charge is 0.491 e. The summed E-state index contributed by atoms with van der Waals surface area (Å²) in [6, 6.07) is 8.82. The van der Waals surface area contributed by atoms with Crippen LogP contribution < -0.4 is 10.1 Å². The van der Waals surface area contributed by atoms with Gasteiger partial charge in [-0.1, -0.05) is 31.4 Å². The molecule has 1 aromatic rings. The van der Waals surface area contributed by atoms with E-state index in [0.29, 0.717) is 5.92 Å². The van der Waals surface area contributed by atoms with Gasteiger partial charge in [-0.25, -0.2) is 0 Å². The van der Waals surface area contributed by atoms with Crippen molar-refractivity contribution in [2.24, 2.45) is 5.92 Å². The second kappa shape index (κ2) is 7.68. The molecule has 1 fully saturated rings. The quantitative estimate of drug-likeness (QED) is 0.806. The van der Waals surface area contributed by atoms with Crippen molar-refractivity contribution in [3.63, 3.8) is 0 Å². The van der Waals surface area contributed by atoms with Crippen molar-refractivity contribution in [3.8, 4) is 5.75 Å². The Hall–Kier alpha value is -1.02. The van der Waals surface area contributed by atoms with E-state index in [0.717, 1.165) is 18.2 Å². The van der Waals surface area contributed by atoms with Crippen LogP contribution in [0.4, 0.5) is 0 Å². The van der Waals surface area contributed by atoms with E-state index in [9.17, 15) is 0 Å². The Morgan fingerprint density at radius 3 is 2.45 bits per heavy atom. The van der Waals surface area contributed by atoms with E-state index in [1.165, 1.54) is 37.7 Å². The molecule has 0 aliphatic heterocycles. The van der Waals surface area contributed by atoms with Crippen molar-refractivity contribution in [2.45, 2.75) is 58.0 Å². The molecule has 0 bridgehead atoms. The fourth-order valence-corrected chi connectivity index (χ4v) is 3.40. The average molecular weight is 275 g/mol. The number of ether oxygens (including phenoxy) is 1. The van der Waals surface area contributed by atoms with Crippen LogP contribution in [0.1, 0.15) is 57.4 Å². The maximum absolute atomic E-state index is 5.74. The summed E-state index contributed by atoms with van der Waals surface area (Å²) < 4.78 is 5.74. The molecular weight excluding hydrogens is 246 g/mol. The molecule has 112 valence electrons. The lowest BCUT2D eigenvalue weighted by atomic mass is 9.82. The van der Waals surface area contributed by atoms with Gasteiger partial charge in [0.05, 0.1) is 6.10 Å². The number of nitrogens with one attached hydrogen (secondary N) is 1. The first-order valence-electron chi connectivity index (χ1n) is 8.12. The van der Waals surface area contributed by atoms with Gasteiger partial charge in [-0.15, -0.1) is 0 Å². The molecule has 1 N–H and O–H groups in total. The van der Waals surface area contributed by atoms with Crippen LogP contribution in [-0.4, -0.2) is 19.7 Å². The summed E-state index contributed by atoms with van der Waals surface area (Å²) in [7, 11) is 2.07. The first kappa shape index (κ1) is 15.4. The number of benzene rings is 1. The van der Waals surface area contributed by atoms with Gasteiger partial charge < -0.3 is 10.1 Å². The summed E-state index contributed by atoms with van der Waals surface area (Å²) in [4.78, 5) is 0. The third-order valence-electron chi connectivity index (χ3n) is 4.31. The molecule has 1 aliphatic rings. The van der Waals surface area contributed by atoms with E-state index in [2.05, 4.69) is 50.5 Å². The van der Waals surface area contributed by atoms with Crippen LogP contribution in [0.25, 0.3) is 0 Å². The Labute approximate surface area is 123 Å². The van der Waals surface area contributed by atoms with Gasteiger partial charge in [0.15, 0.2) is 0 Å². The van der Waals surface area contributed by atoms with E-state index in [4.69, 9.17) is 4.74 Å². The van der Waals surface area contributed by atoms with Crippen molar-refractivity contribution in [2.75, 3.05) is 13.6 Å². The molecule has 2 unspecified atom stereocenters. The number of rotatable bonds is 5. The number of hydrogen-bond acceptors (Lipinski definition) is 2. The summed E-state index contributed by atoms with van der Waals surface area (Å²) in [5, 5.41) is 3.38. The topological polar surface area (TPSA) is 21.3 Å². The SMILES string of the molecule is CNCC1CCCCCC1c1ccc(OC(C)C)cc1. The van der Waals surface area contributed by atoms with E-state index in [-0.39, 0.29) is 6.10 Å². The molecule has 0 amide bonds. The predicted octanol–water partition coefficient (Wildman–Crippen LogP) is 4.36. The van der Waals surface area contributed by atoms with Crippen LogP contribution >= 0.6 is 0 Å². The van der Waals surface area contributed by atoms with Gasteiger partial charge in [0.1, 0.15) is 5.75 Å². The molecule has 0 heterocycles. The Kier molecular flexibility index (Phi) is 5.90. The minimum absolute atomic E-state index is 0.246. The van der Waals surface area contributed by atoms with Crippen molar-refractivity contribution in [1.29, 1.82) is 0 Å². The average Bonchev–Trinajstić information content (AvgIpc) is 2.65. The second-order valence-electron chi connectivity index (χ2n) is 6.30. The lowest BCUT2D eigenvalue weighted by Crippen LogP contribution is -2.24. The highest BCUT2D eigenvalue weighted by atomic mass is 16.5. The molecule has 2 rings (SSSR count). The zero-order valence-corrected chi connectivity index (χ0v) is 13.2. The smallest absolute Gasteiger partial charge is 0.119 e. The Morgan fingerprint density at radius 2 is 1.80 bits per heavy atom. The van der Waals surface area contributed by atoms with Crippen LogP contribution in [0.3, 0.4) is 0 Å². The Morgan fingerprint density at radius 1 is 1.10 bits per heavy atom. The highest BCUT2D eigenvalue weighted by Gasteiger charge is 2.24. The first-order valence-corrected chi connectivity index (χ1v) is 8.12. The van der Waals surface area contributed by atoms with Crippen molar-refractivity contribution >= 4 is 0 Å². The van der Waals surface area contributed by atoms with E-state index in [1.807, 2.05) is 0 Å². The molecule has 2 heteroatoms. The zero-order chi connectivity index (χ0) is 14.4.